The molecular formula is C15H18F3N3O5S. The second kappa shape index (κ2) is 10.5. The van der Waals surface area contributed by atoms with Crippen LogP contribution in [0.2, 0.25) is 0 Å². The van der Waals surface area contributed by atoms with E-state index in [1.165, 1.54) is 23.9 Å². The molecule has 27 heavy (non-hydrogen) atoms. The Labute approximate surface area is 156 Å². The first-order valence-corrected chi connectivity index (χ1v) is 8.87. The number of benzene rings is 1. The average Bonchev–Trinajstić information content (AvgIpc) is 2.56. The van der Waals surface area contributed by atoms with Crippen molar-refractivity contribution in [3.05, 3.63) is 24.3 Å². The lowest BCUT2D eigenvalue weighted by Gasteiger charge is -2.16. The SMILES string of the molecule is CSCC[C@@H](NC(N)=O)C(=O)OCC(=O)Nc1ccc(OC(F)(F)F)cc1. The van der Waals surface area contributed by atoms with Crippen LogP contribution < -0.4 is 21.1 Å². The average molecular weight is 409 g/mol. The lowest BCUT2D eigenvalue weighted by atomic mass is 10.2. The van der Waals surface area contributed by atoms with Gasteiger partial charge in [-0.15, -0.1) is 13.2 Å². The normalized spacial score (nSPS) is 12.0. The van der Waals surface area contributed by atoms with E-state index in [4.69, 9.17) is 10.5 Å². The van der Waals surface area contributed by atoms with Gasteiger partial charge in [0.25, 0.3) is 5.91 Å². The Bertz CT molecular complexity index is 655. The number of hydrogen-bond donors (Lipinski definition) is 3. The summed E-state index contributed by atoms with van der Waals surface area (Å²) >= 11 is 1.45. The van der Waals surface area contributed by atoms with Crippen LogP contribution in [0.5, 0.6) is 5.75 Å². The number of carbonyl (C=O) groups excluding carboxylic acids is 3. The quantitative estimate of drug-likeness (QED) is 0.536. The van der Waals surface area contributed by atoms with Crippen molar-refractivity contribution in [1.82, 2.24) is 5.32 Å². The number of anilines is 1. The molecule has 1 aromatic carbocycles. The summed E-state index contributed by atoms with van der Waals surface area (Å²) < 4.78 is 44.7. The molecule has 0 bridgehead atoms. The first-order chi connectivity index (χ1) is 12.6. The lowest BCUT2D eigenvalue weighted by molar-refractivity contribution is -0.274. The van der Waals surface area contributed by atoms with Crippen molar-refractivity contribution in [1.29, 1.82) is 0 Å². The van der Waals surface area contributed by atoms with Gasteiger partial charge in [-0.3, -0.25) is 4.79 Å². The lowest BCUT2D eigenvalue weighted by Crippen LogP contribution is -2.45. The summed E-state index contributed by atoms with van der Waals surface area (Å²) in [4.78, 5) is 34.6. The molecule has 1 atom stereocenters. The summed E-state index contributed by atoms with van der Waals surface area (Å²) in [5.41, 5.74) is 5.17. The largest absolute Gasteiger partial charge is 0.573 e. The number of rotatable bonds is 9. The number of halogens is 3. The third-order valence-corrected chi connectivity index (χ3v) is 3.57. The van der Waals surface area contributed by atoms with Gasteiger partial charge in [0, 0.05) is 5.69 Å². The van der Waals surface area contributed by atoms with Crippen molar-refractivity contribution >= 4 is 35.4 Å². The molecule has 0 aliphatic rings. The van der Waals surface area contributed by atoms with Gasteiger partial charge < -0.3 is 25.8 Å². The number of urea groups is 1. The summed E-state index contributed by atoms with van der Waals surface area (Å²) in [6.45, 7) is -0.643. The van der Waals surface area contributed by atoms with Gasteiger partial charge in [-0.25, -0.2) is 9.59 Å². The fourth-order valence-electron chi connectivity index (χ4n) is 1.83. The molecule has 1 aromatic rings. The van der Waals surface area contributed by atoms with E-state index >= 15 is 0 Å². The highest BCUT2D eigenvalue weighted by Crippen LogP contribution is 2.23. The van der Waals surface area contributed by atoms with Crippen LogP contribution in [0, 0.1) is 0 Å². The van der Waals surface area contributed by atoms with Gasteiger partial charge in [-0.2, -0.15) is 11.8 Å². The maximum atomic E-state index is 12.1. The molecule has 0 saturated heterocycles. The highest BCUT2D eigenvalue weighted by molar-refractivity contribution is 7.98. The van der Waals surface area contributed by atoms with Crippen molar-refractivity contribution < 1.29 is 37.0 Å². The minimum atomic E-state index is -4.81. The first-order valence-electron chi connectivity index (χ1n) is 7.48. The predicted octanol–water partition coefficient (Wildman–Crippen LogP) is 1.86. The zero-order chi connectivity index (χ0) is 20.4. The molecule has 0 spiro atoms. The maximum absolute atomic E-state index is 12.1. The van der Waals surface area contributed by atoms with Crippen LogP contribution in [-0.4, -0.2) is 48.9 Å². The molecule has 0 unspecified atom stereocenters. The Morgan fingerprint density at radius 3 is 2.37 bits per heavy atom. The van der Waals surface area contributed by atoms with Crippen LogP contribution >= 0.6 is 11.8 Å². The molecule has 0 aromatic heterocycles. The highest BCUT2D eigenvalue weighted by atomic mass is 32.2. The second-order valence-corrected chi connectivity index (χ2v) is 6.06. The van der Waals surface area contributed by atoms with E-state index in [1.807, 2.05) is 6.26 Å². The Balaban J connectivity index is 2.51. The smallest absolute Gasteiger partial charge is 0.454 e. The fraction of sp³-hybridized carbons (Fsp3) is 0.400. The zero-order valence-electron chi connectivity index (χ0n) is 14.2. The molecule has 12 heteroatoms. The molecule has 4 N–H and O–H groups in total. The molecule has 3 amide bonds. The number of nitrogens with one attached hydrogen (secondary N) is 2. The molecular weight excluding hydrogens is 391 g/mol. The monoisotopic (exact) mass is 409 g/mol. The van der Waals surface area contributed by atoms with Crippen LogP contribution in [0.1, 0.15) is 6.42 Å². The Morgan fingerprint density at radius 1 is 1.22 bits per heavy atom. The number of esters is 1. The number of hydrogen-bond acceptors (Lipinski definition) is 6. The molecule has 1 rings (SSSR count). The van der Waals surface area contributed by atoms with Gasteiger partial charge in [-0.1, -0.05) is 0 Å². The molecule has 150 valence electrons. The topological polar surface area (TPSA) is 120 Å². The predicted molar refractivity (Wildman–Crippen MR) is 92.2 cm³/mol. The van der Waals surface area contributed by atoms with E-state index in [1.54, 1.807) is 0 Å². The number of ether oxygens (including phenoxy) is 2. The summed E-state index contributed by atoms with van der Waals surface area (Å²) in [7, 11) is 0. The van der Waals surface area contributed by atoms with Crippen molar-refractivity contribution in [3.8, 4) is 5.75 Å². The third kappa shape index (κ3) is 9.58. The summed E-state index contributed by atoms with van der Waals surface area (Å²) in [6, 6.07) is 2.53. The first kappa shape index (κ1) is 22.4. The van der Waals surface area contributed by atoms with Crippen molar-refractivity contribution in [3.63, 3.8) is 0 Å². The van der Waals surface area contributed by atoms with E-state index < -0.39 is 42.7 Å². The molecule has 8 nitrogen and oxygen atoms in total. The maximum Gasteiger partial charge on any atom is 0.573 e. The van der Waals surface area contributed by atoms with E-state index in [0.29, 0.717) is 5.75 Å². The second-order valence-electron chi connectivity index (χ2n) is 5.07. The Hall–Kier alpha value is -2.63. The Kier molecular flexibility index (Phi) is 8.72. The molecule has 0 saturated carbocycles. The molecule has 0 heterocycles. The van der Waals surface area contributed by atoms with Gasteiger partial charge in [0.2, 0.25) is 0 Å². The van der Waals surface area contributed by atoms with E-state index in [0.717, 1.165) is 12.1 Å². The third-order valence-electron chi connectivity index (χ3n) is 2.93. The number of carbonyl (C=O) groups is 3. The minimum Gasteiger partial charge on any atom is -0.454 e. The van der Waals surface area contributed by atoms with Crippen LogP contribution in [0.4, 0.5) is 23.7 Å². The van der Waals surface area contributed by atoms with Gasteiger partial charge >= 0.3 is 18.4 Å². The molecule has 0 aliphatic heterocycles. The van der Waals surface area contributed by atoms with E-state index in [2.05, 4.69) is 15.4 Å². The molecule has 0 fully saturated rings. The van der Waals surface area contributed by atoms with Gasteiger partial charge in [0.1, 0.15) is 11.8 Å². The summed E-state index contributed by atoms with van der Waals surface area (Å²) in [5.74, 6) is -1.43. The van der Waals surface area contributed by atoms with Gasteiger partial charge in [0.05, 0.1) is 0 Å². The van der Waals surface area contributed by atoms with E-state index in [9.17, 15) is 27.6 Å². The van der Waals surface area contributed by atoms with Crippen molar-refractivity contribution in [2.75, 3.05) is 23.9 Å². The van der Waals surface area contributed by atoms with E-state index in [-0.39, 0.29) is 12.1 Å². The number of amides is 3. The fourth-order valence-corrected chi connectivity index (χ4v) is 2.30. The highest BCUT2D eigenvalue weighted by Gasteiger charge is 2.31. The van der Waals surface area contributed by atoms with Crippen molar-refractivity contribution in [2.24, 2.45) is 5.73 Å². The van der Waals surface area contributed by atoms with Crippen LogP contribution in [0.25, 0.3) is 0 Å². The molecule has 0 aliphatic carbocycles. The Morgan fingerprint density at radius 2 is 1.85 bits per heavy atom. The standard InChI is InChI=1S/C15H18F3N3O5S/c1-27-7-6-11(21-14(19)24)13(23)25-8-12(22)20-9-2-4-10(5-3-9)26-15(16,17)18/h2-5,11H,6-8H2,1H3,(H,20,22)(H3,19,21,24)/t11-/m1/s1. The number of thioether (sulfide) groups is 1. The van der Waals surface area contributed by atoms with Gasteiger partial charge in [0.15, 0.2) is 6.61 Å². The van der Waals surface area contributed by atoms with Crippen LogP contribution in [-0.2, 0) is 14.3 Å². The van der Waals surface area contributed by atoms with Crippen LogP contribution in [0.3, 0.4) is 0 Å². The van der Waals surface area contributed by atoms with Crippen LogP contribution in [0.15, 0.2) is 24.3 Å². The number of alkyl halides is 3. The minimum absolute atomic E-state index is 0.180. The number of nitrogens with two attached hydrogens (primary N) is 1. The van der Waals surface area contributed by atoms with Crippen molar-refractivity contribution in [2.45, 2.75) is 18.8 Å². The molecule has 0 radical (unpaired) electrons. The van der Waals surface area contributed by atoms with Gasteiger partial charge in [-0.05, 0) is 42.7 Å². The zero-order valence-corrected chi connectivity index (χ0v) is 15.0. The number of primary amides is 1. The summed E-state index contributed by atoms with van der Waals surface area (Å²) in [6.07, 6.45) is -2.74. The summed E-state index contributed by atoms with van der Waals surface area (Å²) in [5, 5.41) is 4.57.